The van der Waals surface area contributed by atoms with E-state index in [0.717, 1.165) is 24.3 Å². The van der Waals surface area contributed by atoms with Gasteiger partial charge in [-0.2, -0.15) is 0 Å². The van der Waals surface area contributed by atoms with Crippen LogP contribution in [-0.4, -0.2) is 64.9 Å². The summed E-state index contributed by atoms with van der Waals surface area (Å²) in [7, 11) is -20.1. The summed E-state index contributed by atoms with van der Waals surface area (Å²) in [5, 5.41) is 42.4. The molecule has 0 fully saturated rings. The zero-order valence-electron chi connectivity index (χ0n) is 23.2. The SMILES string of the molecule is O=C(O)c1cc(NS(=O)(=O)c2ccc(-c3ccc(S(=O)(=O)Nc4cc(C(=O)O)c([O-])c(S(=O)(=O)[O-])c4)cc3)cc2)cc(S(=O)(=O)[O-])c1[O-]. The minimum Gasteiger partial charge on any atom is -0.871 e. The Morgan fingerprint density at radius 3 is 1.06 bits per heavy atom. The van der Waals surface area contributed by atoms with Gasteiger partial charge in [0.05, 0.1) is 32.3 Å². The van der Waals surface area contributed by atoms with Gasteiger partial charge in [-0.25, -0.2) is 43.3 Å². The van der Waals surface area contributed by atoms with Crippen LogP contribution in [0.5, 0.6) is 11.5 Å². The molecule has 4 aromatic carbocycles. The summed E-state index contributed by atoms with van der Waals surface area (Å²) < 4.78 is 124. The Morgan fingerprint density at radius 1 is 0.521 bits per heavy atom. The van der Waals surface area contributed by atoms with Crippen molar-refractivity contribution in [2.24, 2.45) is 0 Å². The number of benzene rings is 4. The Labute approximate surface area is 271 Å². The van der Waals surface area contributed by atoms with Crippen LogP contribution in [0.4, 0.5) is 11.4 Å². The van der Waals surface area contributed by atoms with Gasteiger partial charge in [-0.15, -0.1) is 0 Å². The molecule has 0 radical (unpaired) electrons. The van der Waals surface area contributed by atoms with Gasteiger partial charge in [0.15, 0.2) is 0 Å². The zero-order chi connectivity index (χ0) is 36.0. The van der Waals surface area contributed by atoms with Gasteiger partial charge in [-0.3, -0.25) is 9.44 Å². The number of sulfonamides is 2. The summed E-state index contributed by atoms with van der Waals surface area (Å²) in [6.45, 7) is 0. The van der Waals surface area contributed by atoms with E-state index in [1.807, 2.05) is 9.44 Å². The van der Waals surface area contributed by atoms with Crippen molar-refractivity contribution in [2.75, 3.05) is 9.44 Å². The third-order valence-electron chi connectivity index (χ3n) is 6.28. The summed E-state index contributed by atoms with van der Waals surface area (Å²) in [5.74, 6) is -7.10. The number of hydrogen-bond acceptors (Lipinski definition) is 14. The summed E-state index contributed by atoms with van der Waals surface area (Å²) in [6.07, 6.45) is 0. The molecule has 0 aliphatic heterocycles. The number of rotatable bonds is 11. The van der Waals surface area contributed by atoms with Gasteiger partial charge in [0.2, 0.25) is 0 Å². The van der Waals surface area contributed by atoms with E-state index in [2.05, 4.69) is 0 Å². The molecule has 22 heteroatoms. The van der Waals surface area contributed by atoms with Crippen LogP contribution in [-0.2, 0) is 40.3 Å². The van der Waals surface area contributed by atoms with Crippen LogP contribution in [0.2, 0.25) is 0 Å². The molecule has 0 aliphatic carbocycles. The van der Waals surface area contributed by atoms with E-state index in [1.54, 1.807) is 0 Å². The molecule has 0 atom stereocenters. The fourth-order valence-corrected chi connectivity index (χ4v) is 7.39. The minimum absolute atomic E-state index is 0.330. The molecule has 48 heavy (non-hydrogen) atoms. The van der Waals surface area contributed by atoms with E-state index in [0.29, 0.717) is 35.4 Å². The molecule has 0 heterocycles. The minimum atomic E-state index is -5.48. The monoisotopic (exact) mass is 740 g/mol. The molecule has 0 amide bonds. The average Bonchev–Trinajstić information content (AvgIpc) is 2.97. The highest BCUT2D eigenvalue weighted by Gasteiger charge is 2.21. The largest absolute Gasteiger partial charge is 0.871 e. The summed E-state index contributed by atoms with van der Waals surface area (Å²) in [4.78, 5) is 18.8. The first kappa shape index (κ1) is 35.6. The lowest BCUT2D eigenvalue weighted by molar-refractivity contribution is -0.273. The van der Waals surface area contributed by atoms with Crippen molar-refractivity contribution in [1.82, 2.24) is 0 Å². The number of carbonyl (C=O) groups is 2. The highest BCUT2D eigenvalue weighted by Crippen LogP contribution is 2.32. The van der Waals surface area contributed by atoms with E-state index < -0.39 is 106 Å². The first-order valence-electron chi connectivity index (χ1n) is 12.4. The van der Waals surface area contributed by atoms with Crippen molar-refractivity contribution in [2.45, 2.75) is 19.6 Å². The van der Waals surface area contributed by atoms with Crippen LogP contribution in [0.1, 0.15) is 20.7 Å². The van der Waals surface area contributed by atoms with Crippen LogP contribution >= 0.6 is 0 Å². The fraction of sp³-hybridized carbons (Fsp3) is 0. The van der Waals surface area contributed by atoms with Crippen LogP contribution in [0.15, 0.2) is 92.4 Å². The number of carboxylic acid groups (broad SMARTS) is 2. The molecule has 0 saturated carbocycles. The van der Waals surface area contributed by atoms with Gasteiger partial charge in [0.1, 0.15) is 20.2 Å². The van der Waals surface area contributed by atoms with Crippen LogP contribution in [0.3, 0.4) is 0 Å². The highest BCUT2D eigenvalue weighted by atomic mass is 32.2. The summed E-state index contributed by atoms with van der Waals surface area (Å²) in [5.41, 5.74) is -3.10. The van der Waals surface area contributed by atoms with Crippen molar-refractivity contribution in [3.8, 4) is 22.6 Å². The predicted octanol–water partition coefficient (Wildman–Crippen LogP) is 0.307. The van der Waals surface area contributed by atoms with E-state index in [4.69, 9.17) is 10.2 Å². The molecule has 0 aliphatic rings. The molecule has 4 rings (SSSR count). The van der Waals surface area contributed by atoms with Gasteiger partial charge < -0.3 is 29.5 Å². The predicted molar refractivity (Wildman–Crippen MR) is 155 cm³/mol. The fourth-order valence-electron chi connectivity index (χ4n) is 4.09. The summed E-state index contributed by atoms with van der Waals surface area (Å²) >= 11 is 0. The zero-order valence-corrected chi connectivity index (χ0v) is 26.4. The average molecular weight is 741 g/mol. The second-order valence-electron chi connectivity index (χ2n) is 9.48. The molecule has 0 saturated heterocycles. The van der Waals surface area contributed by atoms with E-state index >= 15 is 0 Å². The van der Waals surface area contributed by atoms with Gasteiger partial charge in [0, 0.05) is 9.79 Å². The Hall–Kier alpha value is -5.26. The van der Waals surface area contributed by atoms with E-state index in [9.17, 15) is 62.6 Å². The normalized spacial score (nSPS) is 12.3. The molecular formula is C26H16N2O16S4-4. The summed E-state index contributed by atoms with van der Waals surface area (Å²) in [6, 6.07) is 11.2. The Kier molecular flexibility index (Phi) is 9.20. The molecule has 0 spiro atoms. The van der Waals surface area contributed by atoms with Crippen molar-refractivity contribution < 1.29 is 72.8 Å². The number of carboxylic acids is 2. The van der Waals surface area contributed by atoms with Gasteiger partial charge in [0.25, 0.3) is 20.0 Å². The maximum atomic E-state index is 12.9. The van der Waals surface area contributed by atoms with Crippen molar-refractivity contribution >= 4 is 63.6 Å². The van der Waals surface area contributed by atoms with Gasteiger partial charge >= 0.3 is 11.9 Å². The van der Waals surface area contributed by atoms with E-state index in [-0.39, 0.29) is 0 Å². The molecule has 0 unspecified atom stereocenters. The third kappa shape index (κ3) is 7.48. The van der Waals surface area contributed by atoms with Gasteiger partial charge in [-0.1, -0.05) is 35.8 Å². The van der Waals surface area contributed by atoms with Crippen molar-refractivity contribution in [1.29, 1.82) is 0 Å². The quantitative estimate of drug-likeness (QED) is 0.150. The lowest BCUT2D eigenvalue weighted by Gasteiger charge is -2.21. The molecule has 0 aromatic heterocycles. The number of anilines is 2. The highest BCUT2D eigenvalue weighted by molar-refractivity contribution is 7.93. The van der Waals surface area contributed by atoms with Crippen molar-refractivity contribution in [3.05, 3.63) is 83.9 Å². The maximum Gasteiger partial charge on any atom is 0.335 e. The number of aromatic carboxylic acids is 2. The third-order valence-corrected chi connectivity index (χ3v) is 10.8. The first-order chi connectivity index (χ1) is 22.0. The second kappa shape index (κ2) is 12.4. The van der Waals surface area contributed by atoms with Crippen LogP contribution in [0.25, 0.3) is 11.1 Å². The van der Waals surface area contributed by atoms with Gasteiger partial charge in [-0.05, 0) is 59.7 Å². The lowest BCUT2D eigenvalue weighted by Crippen LogP contribution is -2.16. The lowest BCUT2D eigenvalue weighted by atomic mass is 10.1. The maximum absolute atomic E-state index is 12.9. The Bertz CT molecular complexity index is 2250. The van der Waals surface area contributed by atoms with Crippen molar-refractivity contribution in [3.63, 3.8) is 0 Å². The van der Waals surface area contributed by atoms with Crippen LogP contribution in [0, 0.1) is 0 Å². The number of nitrogens with one attached hydrogen (secondary N) is 2. The van der Waals surface area contributed by atoms with E-state index in [1.165, 1.54) is 24.3 Å². The smallest absolute Gasteiger partial charge is 0.335 e. The molecule has 254 valence electrons. The first-order valence-corrected chi connectivity index (χ1v) is 18.1. The second-order valence-corrected chi connectivity index (χ2v) is 15.5. The molecule has 4 N–H and O–H groups in total. The molecule has 0 bridgehead atoms. The topological polar surface area (TPSA) is 327 Å². The van der Waals surface area contributed by atoms with Crippen LogP contribution < -0.4 is 19.7 Å². The standard InChI is InChI=1S/C26H20N2O16S4/c29-23-19(25(31)32)9-15(11-21(23)47(39,40)41)27-45(35,36)17-5-1-13(2-6-17)14-3-7-18(8-4-14)46(37,38)28-16-10-20(26(33)34)24(30)22(12-16)48(42,43)44/h1-12,27-30H,(H,31,32)(H,33,34)(H,39,40,41)(H,42,43,44)/p-4. The molecule has 4 aromatic rings. The number of hydrogen-bond donors (Lipinski definition) is 4. The Morgan fingerprint density at radius 2 is 0.812 bits per heavy atom. The molecule has 18 nitrogen and oxygen atoms in total. The Balaban J connectivity index is 1.59. The molecular weight excluding hydrogens is 725 g/mol.